The van der Waals surface area contributed by atoms with E-state index in [1.54, 1.807) is 13.8 Å². The minimum atomic E-state index is -3.50. The lowest BCUT2D eigenvalue weighted by Gasteiger charge is -2.37. The highest BCUT2D eigenvalue weighted by Gasteiger charge is 2.37. The van der Waals surface area contributed by atoms with Crippen molar-refractivity contribution in [1.82, 2.24) is 4.72 Å². The zero-order valence-electron chi connectivity index (χ0n) is 8.26. The van der Waals surface area contributed by atoms with E-state index in [9.17, 15) is 13.5 Å². The van der Waals surface area contributed by atoms with Crippen molar-refractivity contribution in [3.8, 4) is 0 Å². The molecule has 0 rings (SSSR count). The lowest BCUT2D eigenvalue weighted by Crippen LogP contribution is -2.57. The molecule has 4 nitrogen and oxygen atoms in total. The minimum Gasteiger partial charge on any atom is -0.389 e. The summed E-state index contributed by atoms with van der Waals surface area (Å²) in [5.41, 5.74) is -2.09. The van der Waals surface area contributed by atoms with Crippen molar-refractivity contribution in [3.05, 3.63) is 0 Å². The third-order valence-corrected chi connectivity index (χ3v) is 4.05. The van der Waals surface area contributed by atoms with Gasteiger partial charge in [-0.15, -0.1) is 11.6 Å². The number of alkyl halides is 1. The number of rotatable bonds is 4. The molecule has 0 aliphatic heterocycles. The zero-order valence-corrected chi connectivity index (χ0v) is 9.83. The van der Waals surface area contributed by atoms with Crippen LogP contribution in [0.5, 0.6) is 0 Å². The molecule has 0 fully saturated rings. The van der Waals surface area contributed by atoms with Gasteiger partial charge >= 0.3 is 0 Å². The highest BCUT2D eigenvalue weighted by Crippen LogP contribution is 2.21. The average molecular weight is 230 g/mol. The van der Waals surface area contributed by atoms with Crippen LogP contribution < -0.4 is 4.72 Å². The molecule has 6 heteroatoms. The molecule has 0 spiro atoms. The van der Waals surface area contributed by atoms with Crippen molar-refractivity contribution in [1.29, 1.82) is 0 Å². The van der Waals surface area contributed by atoms with Gasteiger partial charge in [0.1, 0.15) is 5.21 Å². The van der Waals surface area contributed by atoms with Crippen LogP contribution in [-0.2, 0) is 10.0 Å². The minimum absolute atomic E-state index is 0.507. The SMILES string of the molecule is CC(C)(O)C(C)(C)NS(=O)(=O)CCl. The molecule has 0 aromatic heterocycles. The maximum absolute atomic E-state index is 11.1. The quantitative estimate of drug-likeness (QED) is 0.696. The number of sulfonamides is 1. The summed E-state index contributed by atoms with van der Waals surface area (Å²) in [6.45, 7) is 6.25. The molecular weight excluding hydrogens is 214 g/mol. The van der Waals surface area contributed by atoms with Crippen molar-refractivity contribution >= 4 is 21.6 Å². The van der Waals surface area contributed by atoms with Gasteiger partial charge < -0.3 is 5.11 Å². The van der Waals surface area contributed by atoms with Crippen LogP contribution in [0.1, 0.15) is 27.7 Å². The van der Waals surface area contributed by atoms with Crippen LogP contribution in [0.3, 0.4) is 0 Å². The Morgan fingerprint density at radius 3 is 1.92 bits per heavy atom. The van der Waals surface area contributed by atoms with E-state index in [2.05, 4.69) is 4.72 Å². The third kappa shape index (κ3) is 3.81. The second-order valence-corrected chi connectivity index (χ2v) is 6.32. The Morgan fingerprint density at radius 1 is 1.31 bits per heavy atom. The van der Waals surface area contributed by atoms with Gasteiger partial charge in [0.15, 0.2) is 0 Å². The summed E-state index contributed by atoms with van der Waals surface area (Å²) >= 11 is 5.22. The Balaban J connectivity index is 4.72. The summed E-state index contributed by atoms with van der Waals surface area (Å²) in [7, 11) is -3.50. The second kappa shape index (κ2) is 3.73. The molecule has 80 valence electrons. The Morgan fingerprint density at radius 2 is 1.69 bits per heavy atom. The van der Waals surface area contributed by atoms with Crippen LogP contribution in [0.4, 0.5) is 0 Å². The van der Waals surface area contributed by atoms with E-state index in [1.165, 1.54) is 13.8 Å². The van der Waals surface area contributed by atoms with Gasteiger partial charge in [-0.3, -0.25) is 0 Å². The Labute approximate surface area is 84.3 Å². The standard InChI is InChI=1S/C7H16ClNO3S/c1-6(2,7(3,4)10)9-13(11,12)5-8/h9-10H,5H2,1-4H3. The van der Waals surface area contributed by atoms with E-state index in [4.69, 9.17) is 11.6 Å². The van der Waals surface area contributed by atoms with Gasteiger partial charge in [0.2, 0.25) is 10.0 Å². The van der Waals surface area contributed by atoms with Gasteiger partial charge in [-0.2, -0.15) is 0 Å². The topological polar surface area (TPSA) is 66.4 Å². The van der Waals surface area contributed by atoms with Crippen molar-refractivity contribution in [2.24, 2.45) is 0 Å². The maximum Gasteiger partial charge on any atom is 0.226 e. The lowest BCUT2D eigenvalue weighted by molar-refractivity contribution is 0.00645. The first-order valence-electron chi connectivity index (χ1n) is 3.82. The number of aliphatic hydroxyl groups is 1. The molecule has 0 saturated carbocycles. The Hall–Kier alpha value is 0.160. The maximum atomic E-state index is 11.1. The van der Waals surface area contributed by atoms with Crippen LogP contribution >= 0.6 is 11.6 Å². The first-order chi connectivity index (χ1) is 5.52. The molecule has 0 unspecified atom stereocenters. The van der Waals surface area contributed by atoms with Gasteiger partial charge in [0.25, 0.3) is 0 Å². The first kappa shape index (κ1) is 13.2. The third-order valence-electron chi connectivity index (χ3n) is 2.08. The van der Waals surface area contributed by atoms with Crippen molar-refractivity contribution < 1.29 is 13.5 Å². The number of hydrogen-bond donors (Lipinski definition) is 2. The van der Waals surface area contributed by atoms with Gasteiger partial charge in [-0.1, -0.05) is 0 Å². The summed E-state index contributed by atoms with van der Waals surface area (Å²) in [6, 6.07) is 0. The Bertz CT molecular complexity index is 266. The highest BCUT2D eigenvalue weighted by atomic mass is 35.5. The first-order valence-corrected chi connectivity index (χ1v) is 6.00. The summed E-state index contributed by atoms with van der Waals surface area (Å²) in [4.78, 5) is 0. The fraction of sp³-hybridized carbons (Fsp3) is 1.00. The predicted octanol–water partition coefficient (Wildman–Crippen LogP) is 0.652. The van der Waals surface area contributed by atoms with E-state index in [0.29, 0.717) is 0 Å². The van der Waals surface area contributed by atoms with Gasteiger partial charge in [-0.05, 0) is 27.7 Å². The monoisotopic (exact) mass is 229 g/mol. The molecule has 0 atom stereocenters. The van der Waals surface area contributed by atoms with Crippen LogP contribution in [0.25, 0.3) is 0 Å². The largest absolute Gasteiger partial charge is 0.389 e. The van der Waals surface area contributed by atoms with Crippen LogP contribution in [0.15, 0.2) is 0 Å². The predicted molar refractivity (Wildman–Crippen MR) is 53.2 cm³/mol. The van der Waals surface area contributed by atoms with Crippen LogP contribution in [-0.4, -0.2) is 29.9 Å². The summed E-state index contributed by atoms with van der Waals surface area (Å²) in [5, 5.41) is 9.13. The van der Waals surface area contributed by atoms with Crippen molar-refractivity contribution in [2.75, 3.05) is 5.21 Å². The molecule has 0 heterocycles. The molecule has 0 aliphatic carbocycles. The number of hydrogen-bond acceptors (Lipinski definition) is 3. The smallest absolute Gasteiger partial charge is 0.226 e. The molecule has 0 amide bonds. The van der Waals surface area contributed by atoms with Crippen LogP contribution in [0, 0.1) is 0 Å². The fourth-order valence-corrected chi connectivity index (χ4v) is 1.79. The van der Waals surface area contributed by atoms with Gasteiger partial charge in [0, 0.05) is 0 Å². The molecule has 0 aromatic rings. The fourth-order valence-electron chi connectivity index (χ4n) is 0.541. The van der Waals surface area contributed by atoms with E-state index in [0.717, 1.165) is 0 Å². The summed E-state index contributed by atoms with van der Waals surface area (Å²) in [5.74, 6) is 0. The molecule has 0 aliphatic rings. The summed E-state index contributed by atoms with van der Waals surface area (Å²) in [6.07, 6.45) is 0. The lowest BCUT2D eigenvalue weighted by atomic mass is 9.87. The van der Waals surface area contributed by atoms with E-state index < -0.39 is 26.4 Å². The van der Waals surface area contributed by atoms with E-state index in [-0.39, 0.29) is 0 Å². The number of halogens is 1. The summed E-state index contributed by atoms with van der Waals surface area (Å²) < 4.78 is 24.5. The second-order valence-electron chi connectivity index (χ2n) is 4.01. The van der Waals surface area contributed by atoms with E-state index in [1.807, 2.05) is 0 Å². The van der Waals surface area contributed by atoms with Gasteiger partial charge in [-0.25, -0.2) is 13.1 Å². The van der Waals surface area contributed by atoms with E-state index >= 15 is 0 Å². The zero-order chi connectivity index (χ0) is 10.9. The molecular formula is C7H16ClNO3S. The van der Waals surface area contributed by atoms with Crippen molar-refractivity contribution in [3.63, 3.8) is 0 Å². The van der Waals surface area contributed by atoms with Crippen LogP contribution in [0.2, 0.25) is 0 Å². The molecule has 0 radical (unpaired) electrons. The molecule has 2 N–H and O–H groups in total. The molecule has 0 aromatic carbocycles. The molecule has 0 bridgehead atoms. The number of nitrogens with one attached hydrogen (secondary N) is 1. The highest BCUT2D eigenvalue weighted by molar-refractivity contribution is 7.90. The normalized spacial score (nSPS) is 14.6. The molecule has 13 heavy (non-hydrogen) atoms. The van der Waals surface area contributed by atoms with Crippen molar-refractivity contribution in [2.45, 2.75) is 38.8 Å². The Kier molecular flexibility index (Phi) is 3.77. The average Bonchev–Trinajstić information content (AvgIpc) is 1.83. The molecule has 0 saturated heterocycles. The van der Waals surface area contributed by atoms with Gasteiger partial charge in [0.05, 0.1) is 11.1 Å².